The first-order valence-electron chi connectivity index (χ1n) is 5.11. The first-order chi connectivity index (χ1) is 9.41. The fourth-order valence-corrected chi connectivity index (χ4v) is 4.21. The molecule has 0 radical (unpaired) electrons. The minimum atomic E-state index is 0.138. The van der Waals surface area contributed by atoms with Crippen molar-refractivity contribution in [2.75, 3.05) is 0 Å². The highest BCUT2D eigenvalue weighted by atomic mass is 35.5. The number of fused-ring (bicyclic) bond motifs is 2. The summed E-state index contributed by atoms with van der Waals surface area (Å²) in [5.74, 6) is 0.751. The Labute approximate surface area is 149 Å². The molecule has 0 saturated carbocycles. The Hall–Kier alpha value is 0.330. The lowest BCUT2D eigenvalue weighted by molar-refractivity contribution is 0.455. The number of hydrogen-bond acceptors (Lipinski definition) is 2. The third kappa shape index (κ3) is 2.26. The van der Waals surface area contributed by atoms with E-state index < -0.39 is 0 Å². The Bertz CT molecular complexity index is 746. The van der Waals surface area contributed by atoms with Crippen molar-refractivity contribution in [2.24, 2.45) is 0 Å². The molecule has 2 aromatic rings. The lowest BCUT2D eigenvalue weighted by atomic mass is 10.3. The minimum absolute atomic E-state index is 0.138. The number of halogens is 6. The van der Waals surface area contributed by atoms with Gasteiger partial charge < -0.3 is 4.74 Å². The highest BCUT2D eigenvalue weighted by Crippen LogP contribution is 2.58. The topological polar surface area (TPSA) is 9.23 Å². The molecule has 0 N–H and O–H groups in total. The van der Waals surface area contributed by atoms with Gasteiger partial charge in [-0.1, -0.05) is 81.4 Å². The van der Waals surface area contributed by atoms with E-state index in [-0.39, 0.29) is 20.1 Å². The molecule has 0 aliphatic carbocycles. The van der Waals surface area contributed by atoms with E-state index in [1.165, 1.54) is 11.8 Å². The first-order valence-corrected chi connectivity index (χ1v) is 8.20. The second-order valence-corrected chi connectivity index (χ2v) is 7.16. The Balaban J connectivity index is 2.26. The summed E-state index contributed by atoms with van der Waals surface area (Å²) in [7, 11) is 0. The largest absolute Gasteiger partial charge is 0.452 e. The maximum atomic E-state index is 6.19. The summed E-state index contributed by atoms with van der Waals surface area (Å²) >= 11 is 37.9. The molecule has 0 fully saturated rings. The highest BCUT2D eigenvalue weighted by molar-refractivity contribution is 7.99. The van der Waals surface area contributed by atoms with Gasteiger partial charge in [-0.2, -0.15) is 0 Å². The molecule has 0 unspecified atom stereocenters. The van der Waals surface area contributed by atoms with Crippen LogP contribution in [0.5, 0.6) is 11.5 Å². The number of hydrogen-bond donors (Lipinski definition) is 0. The molecule has 0 bridgehead atoms. The molecular weight excluding hydrogens is 405 g/mol. The van der Waals surface area contributed by atoms with E-state index in [0.29, 0.717) is 26.4 Å². The zero-order valence-electron chi connectivity index (χ0n) is 9.24. The van der Waals surface area contributed by atoms with E-state index >= 15 is 0 Å². The third-order valence-electron chi connectivity index (χ3n) is 2.61. The summed E-state index contributed by atoms with van der Waals surface area (Å²) in [5, 5.41) is 1.50. The molecule has 1 aliphatic rings. The number of ether oxygens (including phenoxy) is 1. The quantitative estimate of drug-likeness (QED) is 0.277. The summed E-state index contributed by atoms with van der Waals surface area (Å²) in [6.07, 6.45) is 0. The summed E-state index contributed by atoms with van der Waals surface area (Å²) in [4.78, 5) is 1.36. The van der Waals surface area contributed by atoms with Crippen LogP contribution in [0.3, 0.4) is 0 Å². The first kappa shape index (κ1) is 15.2. The van der Waals surface area contributed by atoms with Crippen molar-refractivity contribution in [3.63, 3.8) is 0 Å². The number of rotatable bonds is 0. The molecule has 1 heterocycles. The molecule has 8 heteroatoms. The van der Waals surface area contributed by atoms with E-state index in [1.54, 1.807) is 12.1 Å². The molecule has 20 heavy (non-hydrogen) atoms. The van der Waals surface area contributed by atoms with Crippen LogP contribution in [0.4, 0.5) is 0 Å². The van der Waals surface area contributed by atoms with Gasteiger partial charge in [-0.15, -0.1) is 0 Å². The Morgan fingerprint density at radius 1 is 0.700 bits per heavy atom. The third-order valence-corrected chi connectivity index (χ3v) is 6.43. The van der Waals surface area contributed by atoms with Gasteiger partial charge in [0, 0.05) is 0 Å². The van der Waals surface area contributed by atoms with Crippen LogP contribution in [-0.4, -0.2) is 0 Å². The van der Waals surface area contributed by atoms with Crippen LogP contribution in [0.25, 0.3) is 0 Å². The maximum Gasteiger partial charge on any atom is 0.163 e. The van der Waals surface area contributed by atoms with Gasteiger partial charge in [0.05, 0.1) is 29.9 Å². The minimum Gasteiger partial charge on any atom is -0.452 e. The second-order valence-electron chi connectivity index (χ2n) is 3.81. The molecular formula is C12H2Cl6OS. The Kier molecular flexibility index (Phi) is 4.20. The summed E-state index contributed by atoms with van der Waals surface area (Å²) in [6, 6.07) is 3.46. The van der Waals surface area contributed by atoms with E-state index in [4.69, 9.17) is 74.3 Å². The fourth-order valence-electron chi connectivity index (χ4n) is 1.68. The van der Waals surface area contributed by atoms with Crippen LogP contribution >= 0.6 is 81.4 Å². The van der Waals surface area contributed by atoms with Crippen LogP contribution in [0.1, 0.15) is 0 Å². The summed E-state index contributed by atoms with van der Waals surface area (Å²) < 4.78 is 5.74. The van der Waals surface area contributed by atoms with Crippen LogP contribution in [-0.2, 0) is 0 Å². The van der Waals surface area contributed by atoms with Crippen LogP contribution < -0.4 is 4.74 Å². The zero-order valence-corrected chi connectivity index (χ0v) is 14.6. The monoisotopic (exact) mass is 404 g/mol. The van der Waals surface area contributed by atoms with Gasteiger partial charge >= 0.3 is 0 Å². The molecule has 0 spiro atoms. The van der Waals surface area contributed by atoms with Crippen molar-refractivity contribution in [1.82, 2.24) is 0 Å². The van der Waals surface area contributed by atoms with Crippen molar-refractivity contribution < 1.29 is 4.74 Å². The van der Waals surface area contributed by atoms with Crippen molar-refractivity contribution in [3.8, 4) is 11.5 Å². The van der Waals surface area contributed by atoms with Crippen molar-refractivity contribution >= 4 is 81.4 Å². The van der Waals surface area contributed by atoms with Crippen molar-refractivity contribution in [3.05, 3.63) is 42.3 Å². The number of benzene rings is 2. The van der Waals surface area contributed by atoms with Gasteiger partial charge in [-0.05, 0) is 12.1 Å². The second kappa shape index (κ2) is 5.51. The maximum absolute atomic E-state index is 6.19. The zero-order chi connectivity index (χ0) is 14.6. The smallest absolute Gasteiger partial charge is 0.163 e. The fraction of sp³-hybridized carbons (Fsp3) is 0. The van der Waals surface area contributed by atoms with Crippen molar-refractivity contribution in [2.45, 2.75) is 9.79 Å². The lowest BCUT2D eigenvalue weighted by Gasteiger charge is -2.23. The predicted molar refractivity (Wildman–Crippen MR) is 87.1 cm³/mol. The molecule has 104 valence electrons. The normalized spacial score (nSPS) is 12.7. The predicted octanol–water partition coefficient (Wildman–Crippen LogP) is 7.86. The van der Waals surface area contributed by atoms with E-state index in [1.807, 2.05) is 0 Å². The Morgan fingerprint density at radius 3 is 2.05 bits per heavy atom. The van der Waals surface area contributed by atoms with E-state index in [0.717, 1.165) is 4.90 Å². The van der Waals surface area contributed by atoms with Gasteiger partial charge in [0.15, 0.2) is 11.5 Å². The molecule has 1 nitrogen and oxygen atoms in total. The average molecular weight is 407 g/mol. The summed E-state index contributed by atoms with van der Waals surface area (Å²) in [6.45, 7) is 0. The summed E-state index contributed by atoms with van der Waals surface area (Å²) in [5.41, 5.74) is 0. The Morgan fingerprint density at radius 2 is 1.35 bits per heavy atom. The SMILES string of the molecule is Clc1ccc2c(c1Cl)Oc1c(Cl)c(Cl)c(Cl)c(Cl)c1S2. The molecule has 3 rings (SSSR count). The molecule has 2 aromatic carbocycles. The van der Waals surface area contributed by atoms with Crippen molar-refractivity contribution in [1.29, 1.82) is 0 Å². The van der Waals surface area contributed by atoms with Crippen LogP contribution in [0.2, 0.25) is 30.1 Å². The van der Waals surface area contributed by atoms with Gasteiger partial charge in [-0.25, -0.2) is 0 Å². The molecule has 1 aliphatic heterocycles. The van der Waals surface area contributed by atoms with Crippen LogP contribution in [0.15, 0.2) is 21.9 Å². The standard InChI is InChI=1S/C12H2Cl6OS/c13-3-1-2-4-10(5(3)14)19-11-8(17)6(15)7(16)9(18)12(11)20-4/h1-2H. The molecule has 0 amide bonds. The van der Waals surface area contributed by atoms with E-state index in [2.05, 4.69) is 0 Å². The van der Waals surface area contributed by atoms with Gasteiger partial charge in [-0.3, -0.25) is 0 Å². The lowest BCUT2D eigenvalue weighted by Crippen LogP contribution is -1.98. The highest BCUT2D eigenvalue weighted by Gasteiger charge is 2.29. The van der Waals surface area contributed by atoms with Crippen LogP contribution in [0, 0.1) is 0 Å². The molecule has 0 atom stereocenters. The van der Waals surface area contributed by atoms with E-state index in [9.17, 15) is 0 Å². The van der Waals surface area contributed by atoms with Gasteiger partial charge in [0.25, 0.3) is 0 Å². The average Bonchev–Trinajstić information content (AvgIpc) is 2.45. The van der Waals surface area contributed by atoms with Gasteiger partial charge in [0.1, 0.15) is 10.0 Å². The molecule has 0 aromatic heterocycles. The van der Waals surface area contributed by atoms with Gasteiger partial charge in [0.2, 0.25) is 0 Å². The molecule has 0 saturated heterocycles.